The van der Waals surface area contributed by atoms with Crippen LogP contribution in [-0.2, 0) is 4.74 Å². The van der Waals surface area contributed by atoms with Crippen LogP contribution >= 0.6 is 11.6 Å². The van der Waals surface area contributed by atoms with Gasteiger partial charge in [0.2, 0.25) is 0 Å². The highest BCUT2D eigenvalue weighted by molar-refractivity contribution is 6.30. The van der Waals surface area contributed by atoms with Gasteiger partial charge in [0.1, 0.15) is 5.60 Å². The predicted molar refractivity (Wildman–Crippen MR) is 87.9 cm³/mol. The van der Waals surface area contributed by atoms with Crippen molar-refractivity contribution in [1.29, 1.82) is 0 Å². The van der Waals surface area contributed by atoms with Crippen LogP contribution in [0.5, 0.6) is 0 Å². The lowest BCUT2D eigenvalue weighted by Crippen LogP contribution is -2.41. The Morgan fingerprint density at radius 2 is 1.95 bits per heavy atom. The molecule has 0 saturated carbocycles. The van der Waals surface area contributed by atoms with Crippen molar-refractivity contribution in [1.82, 2.24) is 4.90 Å². The van der Waals surface area contributed by atoms with Gasteiger partial charge in [0, 0.05) is 18.1 Å². The summed E-state index contributed by atoms with van der Waals surface area (Å²) >= 11 is 5.91. The molecular weight excluding hydrogens is 302 g/mol. The Kier molecular flexibility index (Phi) is 5.14. The van der Waals surface area contributed by atoms with Gasteiger partial charge >= 0.3 is 6.09 Å². The van der Waals surface area contributed by atoms with Gasteiger partial charge in [0.25, 0.3) is 0 Å². The SMILES string of the molecule is CC(C)(C)OC(=O)N1CCC(c2ccc(Cl)cc2)=C(CO)C1. The zero-order valence-corrected chi connectivity index (χ0v) is 14.0. The molecule has 2 rings (SSSR count). The molecule has 1 amide bonds. The van der Waals surface area contributed by atoms with Crippen molar-refractivity contribution in [3.05, 3.63) is 40.4 Å². The van der Waals surface area contributed by atoms with Crippen molar-refractivity contribution in [3.63, 3.8) is 0 Å². The first-order chi connectivity index (χ1) is 10.3. The predicted octanol–water partition coefficient (Wildman–Crippen LogP) is 3.73. The lowest BCUT2D eigenvalue weighted by atomic mass is 9.94. The number of ether oxygens (including phenoxy) is 1. The summed E-state index contributed by atoms with van der Waals surface area (Å²) in [4.78, 5) is 13.8. The van der Waals surface area contributed by atoms with E-state index in [-0.39, 0.29) is 12.7 Å². The summed E-state index contributed by atoms with van der Waals surface area (Å²) in [5.74, 6) is 0. The van der Waals surface area contributed by atoms with Crippen molar-refractivity contribution in [3.8, 4) is 0 Å². The number of nitrogens with zero attached hydrogens (tertiary/aromatic N) is 1. The summed E-state index contributed by atoms with van der Waals surface area (Å²) in [6.45, 7) is 6.43. The number of hydrogen-bond donors (Lipinski definition) is 1. The molecule has 1 aromatic carbocycles. The van der Waals surface area contributed by atoms with Gasteiger partial charge in [-0.1, -0.05) is 23.7 Å². The Balaban J connectivity index is 2.17. The first-order valence-corrected chi connectivity index (χ1v) is 7.73. The van der Waals surface area contributed by atoms with E-state index in [1.54, 1.807) is 4.90 Å². The molecule has 1 aliphatic heterocycles. The molecule has 0 aromatic heterocycles. The number of benzene rings is 1. The minimum absolute atomic E-state index is 0.0722. The smallest absolute Gasteiger partial charge is 0.410 e. The van der Waals surface area contributed by atoms with E-state index in [9.17, 15) is 9.90 Å². The molecule has 5 heteroatoms. The lowest BCUT2D eigenvalue weighted by molar-refractivity contribution is 0.0260. The summed E-state index contributed by atoms with van der Waals surface area (Å²) in [5, 5.41) is 10.3. The Hall–Kier alpha value is -1.52. The summed E-state index contributed by atoms with van der Waals surface area (Å²) in [6, 6.07) is 7.55. The van der Waals surface area contributed by atoms with Crippen molar-refractivity contribution in [2.45, 2.75) is 32.8 Å². The molecule has 0 saturated heterocycles. The van der Waals surface area contributed by atoms with E-state index < -0.39 is 5.60 Å². The van der Waals surface area contributed by atoms with Gasteiger partial charge in [-0.05, 0) is 56.0 Å². The Bertz CT molecular complexity index is 573. The highest BCUT2D eigenvalue weighted by atomic mass is 35.5. The van der Waals surface area contributed by atoms with E-state index in [1.807, 2.05) is 45.0 Å². The molecule has 0 radical (unpaired) electrons. The highest BCUT2D eigenvalue weighted by Crippen LogP contribution is 2.29. The van der Waals surface area contributed by atoms with Gasteiger partial charge in [-0.2, -0.15) is 0 Å². The van der Waals surface area contributed by atoms with Crippen molar-refractivity contribution in [2.24, 2.45) is 0 Å². The van der Waals surface area contributed by atoms with Crippen LogP contribution in [-0.4, -0.2) is 41.4 Å². The normalized spacial score (nSPS) is 16.0. The third kappa shape index (κ3) is 4.24. The van der Waals surface area contributed by atoms with Crippen LogP contribution < -0.4 is 0 Å². The van der Waals surface area contributed by atoms with Crippen molar-refractivity contribution >= 4 is 23.3 Å². The first-order valence-electron chi connectivity index (χ1n) is 7.36. The summed E-state index contributed by atoms with van der Waals surface area (Å²) in [6.07, 6.45) is 0.352. The van der Waals surface area contributed by atoms with Crippen LogP contribution in [0.4, 0.5) is 4.79 Å². The van der Waals surface area contributed by atoms with Gasteiger partial charge in [0.15, 0.2) is 0 Å². The Labute approximate surface area is 136 Å². The maximum atomic E-state index is 12.1. The zero-order valence-electron chi connectivity index (χ0n) is 13.2. The molecular formula is C17H22ClNO3. The Morgan fingerprint density at radius 1 is 1.32 bits per heavy atom. The number of halogens is 1. The monoisotopic (exact) mass is 323 g/mol. The maximum Gasteiger partial charge on any atom is 0.410 e. The molecule has 1 aliphatic rings. The van der Waals surface area contributed by atoms with Gasteiger partial charge in [-0.3, -0.25) is 0 Å². The van der Waals surface area contributed by atoms with Crippen molar-refractivity contribution in [2.75, 3.05) is 19.7 Å². The minimum atomic E-state index is -0.517. The minimum Gasteiger partial charge on any atom is -0.444 e. The van der Waals surface area contributed by atoms with E-state index in [1.165, 1.54) is 0 Å². The van der Waals surface area contributed by atoms with E-state index in [0.717, 1.165) is 16.7 Å². The summed E-state index contributed by atoms with van der Waals surface area (Å²) in [5.41, 5.74) is 2.45. The van der Waals surface area contributed by atoms with Crippen LogP contribution in [0.15, 0.2) is 29.8 Å². The molecule has 0 atom stereocenters. The highest BCUT2D eigenvalue weighted by Gasteiger charge is 2.27. The second-order valence-electron chi connectivity index (χ2n) is 6.40. The average molecular weight is 324 g/mol. The maximum absolute atomic E-state index is 12.1. The third-order valence-electron chi connectivity index (χ3n) is 3.48. The number of carbonyl (C=O) groups is 1. The average Bonchev–Trinajstić information content (AvgIpc) is 2.45. The molecule has 0 bridgehead atoms. The van der Waals surface area contributed by atoms with Crippen molar-refractivity contribution < 1.29 is 14.6 Å². The molecule has 1 N–H and O–H groups in total. The van der Waals surface area contributed by atoms with Gasteiger partial charge in [0.05, 0.1) is 6.61 Å². The van der Waals surface area contributed by atoms with Gasteiger partial charge in [-0.25, -0.2) is 4.79 Å². The first kappa shape index (κ1) is 16.8. The largest absolute Gasteiger partial charge is 0.444 e. The van der Waals surface area contributed by atoms with Crippen LogP contribution in [0.25, 0.3) is 5.57 Å². The molecule has 0 fully saturated rings. The number of aliphatic hydroxyl groups excluding tert-OH is 1. The topological polar surface area (TPSA) is 49.8 Å². The van der Waals surface area contributed by atoms with Crippen LogP contribution in [0.2, 0.25) is 5.02 Å². The zero-order chi connectivity index (χ0) is 16.3. The fourth-order valence-electron chi connectivity index (χ4n) is 2.46. The van der Waals surface area contributed by atoms with E-state index in [2.05, 4.69) is 0 Å². The summed E-state index contributed by atoms with van der Waals surface area (Å²) < 4.78 is 5.39. The number of rotatable bonds is 2. The van der Waals surface area contributed by atoms with Gasteiger partial charge < -0.3 is 14.7 Å². The molecule has 0 spiro atoms. The quantitative estimate of drug-likeness (QED) is 0.902. The van der Waals surface area contributed by atoms with E-state index in [4.69, 9.17) is 16.3 Å². The third-order valence-corrected chi connectivity index (χ3v) is 3.73. The summed E-state index contributed by atoms with van der Waals surface area (Å²) in [7, 11) is 0. The fourth-order valence-corrected chi connectivity index (χ4v) is 2.58. The molecule has 0 aliphatic carbocycles. The second-order valence-corrected chi connectivity index (χ2v) is 6.84. The van der Waals surface area contributed by atoms with Crippen LogP contribution in [0, 0.1) is 0 Å². The van der Waals surface area contributed by atoms with Crippen LogP contribution in [0.3, 0.4) is 0 Å². The molecule has 22 heavy (non-hydrogen) atoms. The standard InChI is InChI=1S/C17H22ClNO3/c1-17(2,3)22-16(21)19-9-8-15(13(10-19)11-20)12-4-6-14(18)7-5-12/h4-7,20H,8-11H2,1-3H3. The van der Waals surface area contributed by atoms with Gasteiger partial charge in [-0.15, -0.1) is 0 Å². The fraction of sp³-hybridized carbons (Fsp3) is 0.471. The Morgan fingerprint density at radius 3 is 2.50 bits per heavy atom. The van der Waals surface area contributed by atoms with Crippen LogP contribution in [0.1, 0.15) is 32.8 Å². The van der Waals surface area contributed by atoms with E-state index >= 15 is 0 Å². The molecule has 120 valence electrons. The lowest BCUT2D eigenvalue weighted by Gasteiger charge is -2.32. The number of carbonyl (C=O) groups excluding carboxylic acids is 1. The number of aliphatic hydroxyl groups is 1. The molecule has 0 unspecified atom stereocenters. The molecule has 4 nitrogen and oxygen atoms in total. The molecule has 1 aromatic rings. The number of hydrogen-bond acceptors (Lipinski definition) is 3. The second kappa shape index (κ2) is 6.71. The van der Waals surface area contributed by atoms with E-state index in [0.29, 0.717) is 24.5 Å². The number of amides is 1. The molecule has 1 heterocycles.